The summed E-state index contributed by atoms with van der Waals surface area (Å²) in [5.41, 5.74) is 3.92. The molecule has 1 fully saturated rings. The van der Waals surface area contributed by atoms with E-state index >= 15 is 0 Å². The number of benzene rings is 3. The normalized spacial score (nSPS) is 16.9. The molecule has 1 heterocycles. The van der Waals surface area contributed by atoms with E-state index in [1.807, 2.05) is 44.2 Å². The van der Waals surface area contributed by atoms with Crippen LogP contribution in [0.3, 0.4) is 0 Å². The molecule has 0 bridgehead atoms. The molecule has 1 unspecified atom stereocenters. The van der Waals surface area contributed by atoms with Gasteiger partial charge in [0.1, 0.15) is 6.04 Å². The first-order valence-electron chi connectivity index (χ1n) is 12.8. The Balaban J connectivity index is 1.48. The van der Waals surface area contributed by atoms with Crippen molar-refractivity contribution in [3.63, 3.8) is 0 Å². The zero-order chi connectivity index (χ0) is 26.8. The summed E-state index contributed by atoms with van der Waals surface area (Å²) in [4.78, 5) is 56.6. The van der Waals surface area contributed by atoms with Gasteiger partial charge in [0.25, 0.3) is 5.91 Å². The predicted molar refractivity (Wildman–Crippen MR) is 147 cm³/mol. The summed E-state index contributed by atoms with van der Waals surface area (Å²) in [7, 11) is 0. The summed E-state index contributed by atoms with van der Waals surface area (Å²) >= 11 is 0. The Morgan fingerprint density at radius 3 is 2.32 bits per heavy atom. The second-order valence-corrected chi connectivity index (χ2v) is 9.89. The number of hydrogen-bond acceptors (Lipinski definition) is 4. The molecular weight excluding hydrogens is 480 g/mol. The van der Waals surface area contributed by atoms with Gasteiger partial charge in [-0.2, -0.15) is 0 Å². The highest BCUT2D eigenvalue weighted by Gasteiger charge is 2.41. The number of Topliss-reactive ketones (excluding diaryl/α,β-unsaturated/α-hetero) is 1. The third-order valence-electron chi connectivity index (χ3n) is 6.91. The number of rotatable bonds is 6. The summed E-state index contributed by atoms with van der Waals surface area (Å²) in [5, 5.41) is 5.53. The third-order valence-corrected chi connectivity index (χ3v) is 6.91. The maximum Gasteiger partial charge on any atom is 0.319 e. The Kier molecular flexibility index (Phi) is 6.96. The summed E-state index contributed by atoms with van der Waals surface area (Å²) < 4.78 is 0. The molecule has 0 spiro atoms. The SMILES string of the molecule is Cc1cccc(NC(=O)NC2CN(C(=O)C3CC3)c3ccccc3N(CC(=O)c3ccccc3C)C2=O)c1. The molecule has 194 valence electrons. The Morgan fingerprint density at radius 2 is 1.61 bits per heavy atom. The monoisotopic (exact) mass is 510 g/mol. The van der Waals surface area contributed by atoms with Crippen LogP contribution in [-0.4, -0.2) is 42.8 Å². The summed E-state index contributed by atoms with van der Waals surface area (Å²) in [6.07, 6.45) is 1.60. The molecule has 0 saturated heterocycles. The standard InChI is InChI=1S/C30H30N4O4/c1-19-8-7-10-22(16-19)31-30(38)32-24-17-33(28(36)21-14-15-21)25-12-5-6-13-26(25)34(29(24)37)18-27(35)23-11-4-3-9-20(23)2/h3-13,16,21,24H,14-15,17-18H2,1-2H3,(H2,31,32,38). The van der Waals surface area contributed by atoms with E-state index in [-0.39, 0.29) is 30.7 Å². The van der Waals surface area contributed by atoms with Gasteiger partial charge in [0, 0.05) is 17.2 Å². The van der Waals surface area contributed by atoms with E-state index in [1.165, 1.54) is 4.90 Å². The summed E-state index contributed by atoms with van der Waals surface area (Å²) in [6.45, 7) is 3.52. The zero-order valence-electron chi connectivity index (χ0n) is 21.4. The first-order valence-corrected chi connectivity index (χ1v) is 12.8. The minimum absolute atomic E-state index is 0.0263. The van der Waals surface area contributed by atoms with Gasteiger partial charge in [-0.1, -0.05) is 48.5 Å². The molecule has 0 radical (unpaired) electrons. The van der Waals surface area contributed by atoms with Crippen LogP contribution in [0.4, 0.5) is 21.9 Å². The lowest BCUT2D eigenvalue weighted by Gasteiger charge is -2.25. The van der Waals surface area contributed by atoms with Gasteiger partial charge in [-0.25, -0.2) is 4.79 Å². The number of ketones is 1. The molecule has 1 aliphatic heterocycles. The zero-order valence-corrected chi connectivity index (χ0v) is 21.4. The average Bonchev–Trinajstić information content (AvgIpc) is 3.75. The van der Waals surface area contributed by atoms with Crippen molar-refractivity contribution in [2.75, 3.05) is 28.2 Å². The van der Waals surface area contributed by atoms with E-state index in [2.05, 4.69) is 10.6 Å². The van der Waals surface area contributed by atoms with Gasteiger partial charge in [0.15, 0.2) is 5.78 Å². The molecule has 8 nitrogen and oxygen atoms in total. The number of para-hydroxylation sites is 2. The van der Waals surface area contributed by atoms with Crippen LogP contribution in [0, 0.1) is 19.8 Å². The number of amides is 4. The van der Waals surface area contributed by atoms with Crippen LogP contribution in [0.1, 0.15) is 34.3 Å². The number of nitrogens with one attached hydrogen (secondary N) is 2. The maximum atomic E-state index is 13.9. The van der Waals surface area contributed by atoms with E-state index < -0.39 is 18.0 Å². The third kappa shape index (κ3) is 5.29. The maximum absolute atomic E-state index is 13.9. The highest BCUT2D eigenvalue weighted by atomic mass is 16.2. The van der Waals surface area contributed by atoms with E-state index in [1.54, 1.807) is 47.4 Å². The average molecular weight is 511 g/mol. The van der Waals surface area contributed by atoms with Crippen molar-refractivity contribution in [3.05, 3.63) is 89.5 Å². The van der Waals surface area contributed by atoms with Crippen molar-refractivity contribution >= 4 is 40.7 Å². The fraction of sp³-hybridized carbons (Fsp3) is 0.267. The van der Waals surface area contributed by atoms with Crippen molar-refractivity contribution in [1.82, 2.24) is 5.32 Å². The Morgan fingerprint density at radius 1 is 0.895 bits per heavy atom. The van der Waals surface area contributed by atoms with E-state index in [0.717, 1.165) is 24.0 Å². The summed E-state index contributed by atoms with van der Waals surface area (Å²) in [5.74, 6) is -0.857. The number of urea groups is 1. The largest absolute Gasteiger partial charge is 0.324 e. The second kappa shape index (κ2) is 10.5. The van der Waals surface area contributed by atoms with Gasteiger partial charge < -0.3 is 20.4 Å². The van der Waals surface area contributed by atoms with Gasteiger partial charge in [-0.3, -0.25) is 14.4 Å². The van der Waals surface area contributed by atoms with Crippen LogP contribution in [0.5, 0.6) is 0 Å². The van der Waals surface area contributed by atoms with Crippen LogP contribution in [0.15, 0.2) is 72.8 Å². The lowest BCUT2D eigenvalue weighted by Crippen LogP contribution is -2.54. The van der Waals surface area contributed by atoms with E-state index in [0.29, 0.717) is 22.6 Å². The van der Waals surface area contributed by atoms with E-state index in [9.17, 15) is 19.2 Å². The molecule has 1 saturated carbocycles. The van der Waals surface area contributed by atoms with Gasteiger partial charge in [0.2, 0.25) is 5.91 Å². The fourth-order valence-corrected chi connectivity index (χ4v) is 4.78. The first kappa shape index (κ1) is 25.2. The molecule has 0 aromatic heterocycles. The fourth-order valence-electron chi connectivity index (χ4n) is 4.78. The smallest absolute Gasteiger partial charge is 0.319 e. The van der Waals surface area contributed by atoms with Crippen LogP contribution < -0.4 is 20.4 Å². The minimum Gasteiger partial charge on any atom is -0.324 e. The molecular formula is C30H30N4O4. The second-order valence-electron chi connectivity index (χ2n) is 9.89. The van der Waals surface area contributed by atoms with E-state index in [4.69, 9.17) is 0 Å². The molecule has 5 rings (SSSR count). The lowest BCUT2D eigenvalue weighted by molar-refractivity contribution is -0.120. The van der Waals surface area contributed by atoms with Crippen molar-refractivity contribution in [1.29, 1.82) is 0 Å². The quantitative estimate of drug-likeness (QED) is 0.478. The predicted octanol–water partition coefficient (Wildman–Crippen LogP) is 4.47. The minimum atomic E-state index is -1.06. The van der Waals surface area contributed by atoms with Gasteiger partial charge in [-0.15, -0.1) is 0 Å². The number of fused-ring (bicyclic) bond motifs is 1. The number of anilines is 3. The molecule has 2 aliphatic rings. The Labute approximate surface area is 221 Å². The topological polar surface area (TPSA) is 98.8 Å². The number of nitrogens with zero attached hydrogens (tertiary/aromatic N) is 2. The van der Waals surface area contributed by atoms with Crippen LogP contribution in [0.2, 0.25) is 0 Å². The van der Waals surface area contributed by atoms with Gasteiger partial charge >= 0.3 is 6.03 Å². The number of carbonyl (C=O) groups excluding carboxylic acids is 4. The molecule has 1 aliphatic carbocycles. The van der Waals surface area contributed by atoms with Gasteiger partial charge in [-0.05, 0) is 62.1 Å². The Bertz CT molecular complexity index is 1410. The molecule has 2 N–H and O–H groups in total. The molecule has 8 heteroatoms. The first-order chi connectivity index (χ1) is 18.3. The molecule has 3 aromatic rings. The molecule has 38 heavy (non-hydrogen) atoms. The van der Waals surface area contributed by atoms with Crippen LogP contribution in [0.25, 0.3) is 0 Å². The van der Waals surface area contributed by atoms with Crippen molar-refractivity contribution in [2.45, 2.75) is 32.7 Å². The number of aryl methyl sites for hydroxylation is 2. The van der Waals surface area contributed by atoms with Crippen molar-refractivity contribution in [2.24, 2.45) is 5.92 Å². The molecule has 4 amide bonds. The Hall–Kier alpha value is -4.46. The summed E-state index contributed by atoms with van der Waals surface area (Å²) in [6, 6.07) is 20.0. The molecule has 3 aromatic carbocycles. The van der Waals surface area contributed by atoms with Crippen molar-refractivity contribution < 1.29 is 19.2 Å². The number of carbonyl (C=O) groups is 4. The lowest BCUT2D eigenvalue weighted by atomic mass is 10.0. The molecule has 1 atom stereocenters. The number of hydrogen-bond donors (Lipinski definition) is 2. The van der Waals surface area contributed by atoms with Crippen LogP contribution >= 0.6 is 0 Å². The highest BCUT2D eigenvalue weighted by Crippen LogP contribution is 2.38. The highest BCUT2D eigenvalue weighted by molar-refractivity contribution is 6.13. The van der Waals surface area contributed by atoms with Crippen LogP contribution in [-0.2, 0) is 9.59 Å². The van der Waals surface area contributed by atoms with Crippen molar-refractivity contribution in [3.8, 4) is 0 Å². The van der Waals surface area contributed by atoms with Gasteiger partial charge in [0.05, 0.1) is 24.5 Å².